The summed E-state index contributed by atoms with van der Waals surface area (Å²) in [7, 11) is 4.15. The fourth-order valence-electron chi connectivity index (χ4n) is 6.21. The number of Topliss-reactive ketones (excluding diaryl/α,β-unsaturated/α-hetero) is 1. The molecular formula is C23H27NO6. The molecule has 3 aliphatic carbocycles. The number of carbonyl (C=O) groups excluding carboxylic acids is 3. The van der Waals surface area contributed by atoms with Crippen LogP contribution in [0.1, 0.15) is 30.6 Å². The van der Waals surface area contributed by atoms with Crippen molar-refractivity contribution in [1.29, 1.82) is 0 Å². The fourth-order valence-corrected chi connectivity index (χ4v) is 6.21. The van der Waals surface area contributed by atoms with Crippen molar-refractivity contribution in [3.05, 3.63) is 47.7 Å². The van der Waals surface area contributed by atoms with Crippen LogP contribution in [-0.4, -0.2) is 55.2 Å². The Hall–Kier alpha value is -2.51. The van der Waals surface area contributed by atoms with Crippen molar-refractivity contribution in [3.63, 3.8) is 0 Å². The number of fused-ring (bicyclic) bond motifs is 2. The maximum absolute atomic E-state index is 13.6. The normalized spacial score (nSPS) is 33.8. The fraction of sp³-hybridized carbons (Fsp3) is 0.522. The summed E-state index contributed by atoms with van der Waals surface area (Å²) >= 11 is 0. The van der Waals surface area contributed by atoms with Crippen molar-refractivity contribution >= 4 is 17.7 Å². The van der Waals surface area contributed by atoms with Crippen LogP contribution in [-0.2, 0) is 23.8 Å². The Labute approximate surface area is 176 Å². The number of hydrogen-bond acceptors (Lipinski definition) is 6. The largest absolute Gasteiger partial charge is 0.469 e. The summed E-state index contributed by atoms with van der Waals surface area (Å²) in [5, 5.41) is 0. The highest BCUT2D eigenvalue weighted by Crippen LogP contribution is 2.63. The van der Waals surface area contributed by atoms with E-state index in [1.165, 1.54) is 21.3 Å². The summed E-state index contributed by atoms with van der Waals surface area (Å²) in [6.45, 7) is 3.79. The van der Waals surface area contributed by atoms with Crippen LogP contribution < -0.4 is 0 Å². The second kappa shape index (κ2) is 7.03. The molecular weight excluding hydrogens is 386 g/mol. The topological polar surface area (TPSA) is 82.1 Å². The van der Waals surface area contributed by atoms with Crippen molar-refractivity contribution < 1.29 is 28.6 Å². The molecule has 0 radical (unpaired) electrons. The first-order valence-electron chi connectivity index (χ1n) is 10.1. The number of ketones is 1. The van der Waals surface area contributed by atoms with Crippen LogP contribution in [0.3, 0.4) is 0 Å². The molecule has 7 nitrogen and oxygen atoms in total. The monoisotopic (exact) mass is 413 g/mol. The van der Waals surface area contributed by atoms with Gasteiger partial charge in [-0.3, -0.25) is 14.4 Å². The standard InChI is InChI=1S/C23H27NO6/c1-13-11-17-15-12-16(21(27)28-3)18(23(29-4,30-5)19(15)25)22(17,2)24(13)20(26)14-9-7-6-8-10-14/h6-11,15-18H,12H2,1-5H3/t15-,16?,17+,18+,22+/m0/s1. The molecule has 5 atom stereocenters. The predicted octanol–water partition coefficient (Wildman–Crippen LogP) is 2.42. The van der Waals surface area contributed by atoms with Gasteiger partial charge < -0.3 is 19.1 Å². The average molecular weight is 413 g/mol. The Balaban J connectivity index is 1.91. The lowest BCUT2D eigenvalue weighted by molar-refractivity contribution is -0.289. The molecule has 1 aliphatic heterocycles. The summed E-state index contributed by atoms with van der Waals surface area (Å²) in [5.74, 6) is -4.53. The van der Waals surface area contributed by atoms with E-state index < -0.39 is 35.0 Å². The molecule has 7 heteroatoms. The molecule has 0 N–H and O–H groups in total. The molecule has 1 aromatic carbocycles. The van der Waals surface area contributed by atoms with Gasteiger partial charge in [0, 0.05) is 37.3 Å². The zero-order valence-electron chi connectivity index (χ0n) is 17.9. The van der Waals surface area contributed by atoms with E-state index in [0.717, 1.165) is 5.70 Å². The molecule has 2 bridgehead atoms. The maximum atomic E-state index is 13.6. The molecule has 30 heavy (non-hydrogen) atoms. The lowest BCUT2D eigenvalue weighted by atomic mass is 9.48. The molecule has 4 aliphatic rings. The first-order chi connectivity index (χ1) is 14.3. The lowest BCUT2D eigenvalue weighted by Gasteiger charge is -2.62. The van der Waals surface area contributed by atoms with Crippen LogP contribution in [0.5, 0.6) is 0 Å². The van der Waals surface area contributed by atoms with Gasteiger partial charge in [0.2, 0.25) is 5.79 Å². The third-order valence-electron chi connectivity index (χ3n) is 7.33. The van der Waals surface area contributed by atoms with Gasteiger partial charge in [0.1, 0.15) is 0 Å². The van der Waals surface area contributed by atoms with Gasteiger partial charge in [-0.1, -0.05) is 24.3 Å². The molecule has 0 saturated heterocycles. The van der Waals surface area contributed by atoms with Crippen LogP contribution in [0.4, 0.5) is 0 Å². The first-order valence-corrected chi connectivity index (χ1v) is 10.1. The van der Waals surface area contributed by atoms with E-state index in [2.05, 4.69) is 0 Å². The summed E-state index contributed by atoms with van der Waals surface area (Å²) in [4.78, 5) is 41.5. The minimum absolute atomic E-state index is 0.181. The summed E-state index contributed by atoms with van der Waals surface area (Å²) in [5.41, 5.74) is 0.404. The number of ether oxygens (including phenoxy) is 3. The van der Waals surface area contributed by atoms with E-state index >= 15 is 0 Å². The number of carbonyl (C=O) groups is 3. The zero-order chi connectivity index (χ0) is 21.8. The minimum atomic E-state index is -1.62. The van der Waals surface area contributed by atoms with Gasteiger partial charge in [0.05, 0.1) is 24.5 Å². The van der Waals surface area contributed by atoms with Gasteiger partial charge >= 0.3 is 5.97 Å². The second-order valence-corrected chi connectivity index (χ2v) is 8.46. The van der Waals surface area contributed by atoms with Crippen LogP contribution >= 0.6 is 0 Å². The third-order valence-corrected chi connectivity index (χ3v) is 7.33. The van der Waals surface area contributed by atoms with Gasteiger partial charge in [-0.15, -0.1) is 0 Å². The van der Waals surface area contributed by atoms with Crippen LogP contribution in [0.2, 0.25) is 0 Å². The van der Waals surface area contributed by atoms with Gasteiger partial charge in [0.25, 0.3) is 5.91 Å². The number of benzene rings is 1. The molecule has 5 rings (SSSR count). The van der Waals surface area contributed by atoms with Crippen molar-refractivity contribution in [3.8, 4) is 0 Å². The van der Waals surface area contributed by atoms with E-state index in [9.17, 15) is 14.4 Å². The van der Waals surface area contributed by atoms with Crippen LogP contribution in [0, 0.1) is 23.7 Å². The zero-order valence-corrected chi connectivity index (χ0v) is 17.9. The van der Waals surface area contributed by atoms with Crippen molar-refractivity contribution in [1.82, 2.24) is 4.90 Å². The highest BCUT2D eigenvalue weighted by atomic mass is 16.7. The highest BCUT2D eigenvalue weighted by molar-refractivity contribution is 5.99. The molecule has 1 heterocycles. The van der Waals surface area contributed by atoms with Crippen molar-refractivity contribution in [2.24, 2.45) is 23.7 Å². The van der Waals surface area contributed by atoms with E-state index in [4.69, 9.17) is 14.2 Å². The molecule has 1 amide bonds. The van der Waals surface area contributed by atoms with E-state index in [1.54, 1.807) is 17.0 Å². The Morgan fingerprint density at radius 3 is 2.30 bits per heavy atom. The number of hydrogen-bond donors (Lipinski definition) is 0. The minimum Gasteiger partial charge on any atom is -0.469 e. The van der Waals surface area contributed by atoms with E-state index in [1.807, 2.05) is 38.1 Å². The van der Waals surface area contributed by atoms with Crippen LogP contribution in [0.25, 0.3) is 0 Å². The molecule has 0 aromatic heterocycles. The lowest BCUT2D eigenvalue weighted by Crippen LogP contribution is -2.76. The Morgan fingerprint density at radius 2 is 1.73 bits per heavy atom. The van der Waals surface area contributed by atoms with Gasteiger partial charge in [-0.05, 0) is 32.4 Å². The predicted molar refractivity (Wildman–Crippen MR) is 107 cm³/mol. The number of allylic oxidation sites excluding steroid dienone is 1. The van der Waals surface area contributed by atoms with E-state index in [-0.39, 0.29) is 17.6 Å². The third kappa shape index (κ3) is 2.42. The maximum Gasteiger partial charge on any atom is 0.309 e. The number of esters is 1. The average Bonchev–Trinajstić information content (AvgIpc) is 3.05. The molecule has 0 spiro atoms. The van der Waals surface area contributed by atoms with Gasteiger partial charge in [-0.25, -0.2) is 0 Å². The van der Waals surface area contributed by atoms with Gasteiger partial charge in [-0.2, -0.15) is 0 Å². The Kier molecular flexibility index (Phi) is 4.86. The number of rotatable bonds is 4. The number of amides is 1. The SMILES string of the molecule is COC(=O)C1C[C@@H]2C(=O)C(OC)(OC)[C@H]1[C@@]1(C)[C@@H]2C=C(C)N1C(=O)c1ccccc1. The van der Waals surface area contributed by atoms with Gasteiger partial charge in [0.15, 0.2) is 5.78 Å². The van der Waals surface area contributed by atoms with Crippen LogP contribution in [0.15, 0.2) is 42.1 Å². The van der Waals surface area contributed by atoms with E-state index in [0.29, 0.717) is 12.0 Å². The first kappa shape index (κ1) is 20.8. The quantitative estimate of drug-likeness (QED) is 0.557. The number of methoxy groups -OCH3 is 3. The summed E-state index contributed by atoms with van der Waals surface area (Å²) < 4.78 is 16.5. The van der Waals surface area contributed by atoms with Crippen molar-refractivity contribution in [2.75, 3.05) is 21.3 Å². The molecule has 1 unspecified atom stereocenters. The summed E-state index contributed by atoms with van der Waals surface area (Å²) in [6, 6.07) is 8.99. The second-order valence-electron chi connectivity index (χ2n) is 8.46. The summed E-state index contributed by atoms with van der Waals surface area (Å²) in [6.07, 6.45) is 2.33. The molecule has 160 valence electrons. The molecule has 1 aromatic rings. The number of nitrogens with zero attached hydrogens (tertiary/aromatic N) is 1. The molecule has 3 saturated carbocycles. The van der Waals surface area contributed by atoms with Crippen molar-refractivity contribution in [2.45, 2.75) is 31.6 Å². The smallest absolute Gasteiger partial charge is 0.309 e. The Bertz CT molecular complexity index is 921. The highest BCUT2D eigenvalue weighted by Gasteiger charge is 2.75. The molecule has 3 fully saturated rings. The Morgan fingerprint density at radius 1 is 1.10 bits per heavy atom.